The predicted octanol–water partition coefficient (Wildman–Crippen LogP) is 3.11. The minimum atomic E-state index is 0.902. The second-order valence-corrected chi connectivity index (χ2v) is 5.82. The van der Waals surface area contributed by atoms with Crippen molar-refractivity contribution in [3.63, 3.8) is 0 Å². The zero-order valence-corrected chi connectivity index (χ0v) is 11.6. The molecule has 0 fully saturated rings. The van der Waals surface area contributed by atoms with E-state index in [1.54, 1.807) is 28.6 Å². The van der Waals surface area contributed by atoms with Crippen LogP contribution in [0.25, 0.3) is 0 Å². The molecule has 2 aromatic rings. The molecule has 0 radical (unpaired) electrons. The molecule has 0 aliphatic heterocycles. The number of hydrogen-bond donors (Lipinski definition) is 1. The van der Waals surface area contributed by atoms with Crippen LogP contribution in [0.3, 0.4) is 0 Å². The van der Waals surface area contributed by atoms with E-state index in [9.17, 15) is 0 Å². The summed E-state index contributed by atoms with van der Waals surface area (Å²) in [5.74, 6) is 0. The van der Waals surface area contributed by atoms with Gasteiger partial charge in [-0.25, -0.2) is 0 Å². The van der Waals surface area contributed by atoms with Gasteiger partial charge in [0, 0.05) is 11.4 Å². The molecule has 0 aliphatic rings. The van der Waals surface area contributed by atoms with Gasteiger partial charge in [-0.15, -0.1) is 10.2 Å². The Labute approximate surface area is 110 Å². The van der Waals surface area contributed by atoms with Crippen molar-refractivity contribution in [1.29, 1.82) is 0 Å². The van der Waals surface area contributed by atoms with Crippen LogP contribution in [-0.2, 0) is 6.54 Å². The Morgan fingerprint density at radius 3 is 3.00 bits per heavy atom. The monoisotopic (exact) mass is 265 g/mol. The Morgan fingerprint density at radius 1 is 1.41 bits per heavy atom. The molecule has 0 atom stereocenters. The van der Waals surface area contributed by atoms with E-state index in [4.69, 9.17) is 0 Å². The number of hydrogen-bond acceptors (Lipinski definition) is 5. The van der Waals surface area contributed by atoms with Crippen LogP contribution in [0.1, 0.15) is 18.1 Å². The summed E-state index contributed by atoms with van der Waals surface area (Å²) in [7, 11) is 0. The molecule has 0 saturated carbocycles. The minimum Gasteiger partial charge on any atom is -0.313 e. The van der Waals surface area contributed by atoms with Gasteiger partial charge in [0.1, 0.15) is 5.51 Å². The fraction of sp³-hybridized carbons (Fsp3) is 0.333. The molecule has 17 heavy (non-hydrogen) atoms. The van der Waals surface area contributed by atoms with Crippen LogP contribution in [0, 0.1) is 6.92 Å². The van der Waals surface area contributed by atoms with Gasteiger partial charge in [-0.05, 0) is 25.1 Å². The van der Waals surface area contributed by atoms with Gasteiger partial charge in [-0.3, -0.25) is 0 Å². The summed E-state index contributed by atoms with van der Waals surface area (Å²) >= 11 is 3.26. The lowest BCUT2D eigenvalue weighted by atomic mass is 10.1. The van der Waals surface area contributed by atoms with Crippen LogP contribution < -0.4 is 5.32 Å². The summed E-state index contributed by atoms with van der Waals surface area (Å²) < 4.78 is 0.992. The molecule has 2 rings (SSSR count). The van der Waals surface area contributed by atoms with Gasteiger partial charge in [0.2, 0.25) is 0 Å². The molecule has 0 spiro atoms. The molecule has 0 aliphatic carbocycles. The Balaban J connectivity index is 2.19. The van der Waals surface area contributed by atoms with Crippen LogP contribution >= 0.6 is 23.1 Å². The molecule has 1 N–H and O–H groups in total. The quantitative estimate of drug-likeness (QED) is 0.901. The SMILES string of the molecule is CCNCc1cc(C)ccc1Sc1nncs1. The fourth-order valence-electron chi connectivity index (χ4n) is 1.51. The van der Waals surface area contributed by atoms with Gasteiger partial charge in [0.15, 0.2) is 4.34 Å². The van der Waals surface area contributed by atoms with Gasteiger partial charge in [0.05, 0.1) is 0 Å². The van der Waals surface area contributed by atoms with Crippen molar-refractivity contribution in [2.45, 2.75) is 29.6 Å². The van der Waals surface area contributed by atoms with Crippen LogP contribution in [0.5, 0.6) is 0 Å². The number of rotatable bonds is 5. The lowest BCUT2D eigenvalue weighted by Crippen LogP contribution is -2.12. The number of benzene rings is 1. The highest BCUT2D eigenvalue weighted by Gasteiger charge is 2.06. The van der Waals surface area contributed by atoms with E-state index < -0.39 is 0 Å². The fourth-order valence-corrected chi connectivity index (χ4v) is 3.05. The number of nitrogens with one attached hydrogen (secondary N) is 1. The molecule has 5 heteroatoms. The van der Waals surface area contributed by atoms with Crippen molar-refractivity contribution < 1.29 is 0 Å². The Hall–Kier alpha value is -0.910. The first-order chi connectivity index (χ1) is 8.29. The zero-order chi connectivity index (χ0) is 12.1. The van der Waals surface area contributed by atoms with Crippen LogP contribution in [0.2, 0.25) is 0 Å². The summed E-state index contributed by atoms with van der Waals surface area (Å²) in [6, 6.07) is 6.53. The first-order valence-corrected chi connectivity index (χ1v) is 7.23. The molecule has 0 amide bonds. The maximum absolute atomic E-state index is 4.07. The molecular weight excluding hydrogens is 250 g/mol. The number of nitrogens with zero attached hydrogens (tertiary/aromatic N) is 2. The van der Waals surface area contributed by atoms with Gasteiger partial charge in [0.25, 0.3) is 0 Å². The highest BCUT2D eigenvalue weighted by molar-refractivity contribution is 8.01. The van der Waals surface area contributed by atoms with E-state index in [0.29, 0.717) is 0 Å². The molecule has 0 bridgehead atoms. The van der Waals surface area contributed by atoms with E-state index in [1.165, 1.54) is 16.0 Å². The lowest BCUT2D eigenvalue weighted by Gasteiger charge is -2.09. The smallest absolute Gasteiger partial charge is 0.178 e. The molecule has 90 valence electrons. The van der Waals surface area contributed by atoms with Crippen LogP contribution in [-0.4, -0.2) is 16.7 Å². The van der Waals surface area contributed by atoms with E-state index in [-0.39, 0.29) is 0 Å². The second kappa shape index (κ2) is 6.14. The topological polar surface area (TPSA) is 37.8 Å². The zero-order valence-electron chi connectivity index (χ0n) is 9.93. The summed E-state index contributed by atoms with van der Waals surface area (Å²) in [4.78, 5) is 1.26. The largest absolute Gasteiger partial charge is 0.313 e. The molecule has 0 unspecified atom stereocenters. The second-order valence-electron chi connectivity index (χ2n) is 3.70. The summed E-state index contributed by atoms with van der Waals surface area (Å²) in [6.45, 7) is 6.12. The lowest BCUT2D eigenvalue weighted by molar-refractivity contribution is 0.717. The Morgan fingerprint density at radius 2 is 2.29 bits per heavy atom. The van der Waals surface area contributed by atoms with Gasteiger partial charge in [-0.2, -0.15) is 0 Å². The molecule has 1 heterocycles. The highest BCUT2D eigenvalue weighted by atomic mass is 32.2. The van der Waals surface area contributed by atoms with Crippen molar-refractivity contribution in [3.05, 3.63) is 34.8 Å². The van der Waals surface area contributed by atoms with Crippen molar-refractivity contribution >= 4 is 23.1 Å². The summed E-state index contributed by atoms with van der Waals surface area (Å²) in [5, 5.41) is 11.3. The van der Waals surface area contributed by atoms with Gasteiger partial charge < -0.3 is 5.32 Å². The average molecular weight is 265 g/mol. The Kier molecular flexibility index (Phi) is 4.53. The van der Waals surface area contributed by atoms with Crippen molar-refractivity contribution in [3.8, 4) is 0 Å². The summed E-state index contributed by atoms with van der Waals surface area (Å²) in [6.07, 6.45) is 0. The van der Waals surface area contributed by atoms with Crippen LogP contribution in [0.4, 0.5) is 0 Å². The van der Waals surface area contributed by atoms with E-state index >= 15 is 0 Å². The van der Waals surface area contributed by atoms with Crippen molar-refractivity contribution in [1.82, 2.24) is 15.5 Å². The van der Waals surface area contributed by atoms with Gasteiger partial charge >= 0.3 is 0 Å². The predicted molar refractivity (Wildman–Crippen MR) is 72.6 cm³/mol. The standard InChI is InChI=1S/C12H15N3S2/c1-3-13-7-10-6-9(2)4-5-11(10)17-12-15-14-8-16-12/h4-6,8,13H,3,7H2,1-2H3. The van der Waals surface area contributed by atoms with Crippen molar-refractivity contribution in [2.75, 3.05) is 6.54 Å². The third-order valence-electron chi connectivity index (χ3n) is 2.32. The van der Waals surface area contributed by atoms with E-state index in [0.717, 1.165) is 17.4 Å². The maximum atomic E-state index is 4.07. The normalized spacial score (nSPS) is 10.7. The summed E-state index contributed by atoms with van der Waals surface area (Å²) in [5.41, 5.74) is 4.38. The third kappa shape index (κ3) is 3.52. The first kappa shape index (κ1) is 12.5. The van der Waals surface area contributed by atoms with Crippen LogP contribution in [0.15, 0.2) is 32.9 Å². The molecule has 1 aromatic carbocycles. The third-order valence-corrected chi connectivity index (χ3v) is 4.21. The van der Waals surface area contributed by atoms with Gasteiger partial charge in [-0.1, -0.05) is 47.7 Å². The number of aryl methyl sites for hydroxylation is 1. The number of aromatic nitrogens is 2. The minimum absolute atomic E-state index is 0.902. The Bertz CT molecular complexity index is 469. The highest BCUT2D eigenvalue weighted by Crippen LogP contribution is 2.31. The van der Waals surface area contributed by atoms with E-state index in [1.807, 2.05) is 0 Å². The molecule has 0 saturated heterocycles. The van der Waals surface area contributed by atoms with E-state index in [2.05, 4.69) is 47.6 Å². The maximum Gasteiger partial charge on any atom is 0.178 e. The average Bonchev–Trinajstić information content (AvgIpc) is 2.82. The first-order valence-electron chi connectivity index (χ1n) is 5.54. The molecular formula is C12H15N3S2. The molecule has 3 nitrogen and oxygen atoms in total. The molecule has 1 aromatic heterocycles. The van der Waals surface area contributed by atoms with Crippen molar-refractivity contribution in [2.24, 2.45) is 0 Å².